The summed E-state index contributed by atoms with van der Waals surface area (Å²) in [6, 6.07) is 10.4. The molecule has 1 saturated heterocycles. The monoisotopic (exact) mass is 347 g/mol. The minimum atomic E-state index is -0.209. The van der Waals surface area contributed by atoms with E-state index in [2.05, 4.69) is 38.1 Å². The topological polar surface area (TPSA) is 38.8 Å². The van der Waals surface area contributed by atoms with Gasteiger partial charge < -0.3 is 14.4 Å². The Kier molecular flexibility index (Phi) is 6.64. The normalized spacial score (nSPS) is 27.9. The Morgan fingerprint density at radius 1 is 1.32 bits per heavy atom. The summed E-state index contributed by atoms with van der Waals surface area (Å²) >= 11 is 0. The predicted octanol–water partition coefficient (Wildman–Crippen LogP) is 3.79. The maximum atomic E-state index is 12.7. The Labute approximate surface area is 152 Å². The van der Waals surface area contributed by atoms with E-state index >= 15 is 0 Å². The molecule has 4 nitrogen and oxygen atoms in total. The van der Waals surface area contributed by atoms with Crippen molar-refractivity contribution in [3.63, 3.8) is 0 Å². The molecule has 0 saturated carbocycles. The number of likely N-dealkylation sites (N-methyl/N-ethyl adjacent to an activating group) is 1. The first-order chi connectivity index (χ1) is 11.8. The van der Waals surface area contributed by atoms with Gasteiger partial charge in [0.25, 0.3) is 0 Å². The molecule has 0 unspecified atom stereocenters. The van der Waals surface area contributed by atoms with Gasteiger partial charge in [-0.2, -0.15) is 0 Å². The fourth-order valence-electron chi connectivity index (χ4n) is 3.96. The zero-order chi connectivity index (χ0) is 18.5. The van der Waals surface area contributed by atoms with Crippen LogP contribution in [-0.2, 0) is 19.7 Å². The highest BCUT2D eigenvalue weighted by atomic mass is 16.5. The molecule has 1 aromatic rings. The third kappa shape index (κ3) is 5.29. The molecule has 25 heavy (non-hydrogen) atoms. The van der Waals surface area contributed by atoms with Crippen LogP contribution in [0.3, 0.4) is 0 Å². The van der Waals surface area contributed by atoms with E-state index in [1.807, 2.05) is 32.0 Å². The highest BCUT2D eigenvalue weighted by Gasteiger charge is 2.45. The summed E-state index contributed by atoms with van der Waals surface area (Å²) in [7, 11) is 3.97. The third-order valence-electron chi connectivity index (χ3n) is 5.32. The number of rotatable bonds is 7. The van der Waals surface area contributed by atoms with Crippen LogP contribution in [0.1, 0.15) is 52.0 Å². The average Bonchev–Trinajstić information content (AvgIpc) is 2.54. The Hall–Kier alpha value is -1.39. The lowest BCUT2D eigenvalue weighted by Gasteiger charge is -2.46. The summed E-state index contributed by atoms with van der Waals surface area (Å²) < 4.78 is 11.7. The Morgan fingerprint density at radius 3 is 2.60 bits per heavy atom. The maximum Gasteiger partial charge on any atom is 0.307 e. The zero-order valence-corrected chi connectivity index (χ0v) is 16.4. The van der Waals surface area contributed by atoms with E-state index < -0.39 is 0 Å². The quantitative estimate of drug-likeness (QED) is 0.704. The van der Waals surface area contributed by atoms with Crippen LogP contribution in [0.15, 0.2) is 30.3 Å². The van der Waals surface area contributed by atoms with Crippen molar-refractivity contribution in [2.45, 2.75) is 63.6 Å². The van der Waals surface area contributed by atoms with Crippen molar-refractivity contribution >= 4 is 5.97 Å². The number of benzene rings is 1. The van der Waals surface area contributed by atoms with Crippen LogP contribution < -0.4 is 0 Å². The minimum Gasteiger partial charge on any atom is -0.461 e. The van der Waals surface area contributed by atoms with Gasteiger partial charge in [0.1, 0.15) is 6.10 Å². The first kappa shape index (κ1) is 19.9. The number of carbonyl (C=O) groups is 1. The van der Waals surface area contributed by atoms with Gasteiger partial charge in [-0.05, 0) is 52.8 Å². The minimum absolute atomic E-state index is 0.104. The number of carbonyl (C=O) groups excluding carboxylic acids is 1. The molecule has 0 bridgehead atoms. The number of hydrogen-bond acceptors (Lipinski definition) is 4. The molecule has 1 fully saturated rings. The van der Waals surface area contributed by atoms with Gasteiger partial charge >= 0.3 is 5.97 Å². The maximum absolute atomic E-state index is 12.7. The predicted molar refractivity (Wildman–Crippen MR) is 101 cm³/mol. The molecule has 0 amide bonds. The smallest absolute Gasteiger partial charge is 0.307 e. The van der Waals surface area contributed by atoms with E-state index in [0.29, 0.717) is 13.0 Å². The van der Waals surface area contributed by atoms with Crippen molar-refractivity contribution in [1.82, 2.24) is 4.90 Å². The Bertz CT molecular complexity index is 560. The van der Waals surface area contributed by atoms with Crippen molar-refractivity contribution in [3.8, 4) is 0 Å². The SMILES string of the molecule is CC[C@]1(C)C[C@@](CC(=O)O[C@@H](C)CN(C)C)(c2ccccc2)CCO1. The Balaban J connectivity index is 2.20. The van der Waals surface area contributed by atoms with Gasteiger partial charge in [0, 0.05) is 18.6 Å². The second-order valence-electron chi connectivity index (χ2n) is 7.96. The van der Waals surface area contributed by atoms with Crippen molar-refractivity contribution in [1.29, 1.82) is 0 Å². The van der Waals surface area contributed by atoms with Gasteiger partial charge in [-0.3, -0.25) is 4.79 Å². The van der Waals surface area contributed by atoms with Crippen LogP contribution in [-0.4, -0.2) is 49.8 Å². The highest BCUT2D eigenvalue weighted by molar-refractivity contribution is 5.72. The van der Waals surface area contributed by atoms with Crippen LogP contribution in [0.25, 0.3) is 0 Å². The van der Waals surface area contributed by atoms with E-state index in [9.17, 15) is 4.79 Å². The average molecular weight is 347 g/mol. The van der Waals surface area contributed by atoms with Crippen LogP contribution in [0.2, 0.25) is 0 Å². The van der Waals surface area contributed by atoms with E-state index in [-0.39, 0.29) is 23.1 Å². The highest BCUT2D eigenvalue weighted by Crippen LogP contribution is 2.45. The molecule has 1 heterocycles. The first-order valence-corrected chi connectivity index (χ1v) is 9.32. The van der Waals surface area contributed by atoms with Gasteiger partial charge in [0.05, 0.1) is 12.0 Å². The largest absolute Gasteiger partial charge is 0.461 e. The summed E-state index contributed by atoms with van der Waals surface area (Å²) in [5, 5.41) is 0. The second kappa shape index (κ2) is 8.33. The van der Waals surface area contributed by atoms with Crippen molar-refractivity contribution in [3.05, 3.63) is 35.9 Å². The fraction of sp³-hybridized carbons (Fsp3) is 0.667. The van der Waals surface area contributed by atoms with E-state index in [4.69, 9.17) is 9.47 Å². The fourth-order valence-corrected chi connectivity index (χ4v) is 3.96. The molecule has 0 aliphatic carbocycles. The summed E-state index contributed by atoms with van der Waals surface area (Å²) in [6.45, 7) is 7.68. The number of hydrogen-bond donors (Lipinski definition) is 0. The number of nitrogens with zero attached hydrogens (tertiary/aromatic N) is 1. The molecular weight excluding hydrogens is 314 g/mol. The lowest BCUT2D eigenvalue weighted by molar-refractivity contribution is -0.154. The third-order valence-corrected chi connectivity index (χ3v) is 5.32. The van der Waals surface area contributed by atoms with Gasteiger partial charge in [-0.1, -0.05) is 37.3 Å². The summed E-state index contributed by atoms with van der Waals surface area (Å²) in [6.07, 6.45) is 2.94. The molecule has 1 aliphatic heterocycles. The standard InChI is InChI=1S/C21H33NO3/c1-6-20(3)16-21(12-13-24-20,18-10-8-7-9-11-18)14-19(23)25-17(2)15-22(4)5/h7-11,17H,6,12-16H2,1-5H3/t17-,20+,21+/m0/s1. The van der Waals surface area contributed by atoms with Crippen LogP contribution in [0.4, 0.5) is 0 Å². The first-order valence-electron chi connectivity index (χ1n) is 9.32. The summed E-state index contributed by atoms with van der Waals surface area (Å²) in [5.41, 5.74) is 0.818. The molecule has 0 aromatic heterocycles. The molecular formula is C21H33NO3. The summed E-state index contributed by atoms with van der Waals surface area (Å²) in [4.78, 5) is 14.7. The molecule has 1 aromatic carbocycles. The van der Waals surface area contributed by atoms with Crippen molar-refractivity contribution < 1.29 is 14.3 Å². The molecule has 3 atom stereocenters. The van der Waals surface area contributed by atoms with Gasteiger partial charge in [-0.15, -0.1) is 0 Å². The number of ether oxygens (including phenoxy) is 2. The molecule has 1 aliphatic rings. The van der Waals surface area contributed by atoms with Crippen LogP contribution in [0, 0.1) is 0 Å². The Morgan fingerprint density at radius 2 is 2.00 bits per heavy atom. The molecule has 0 N–H and O–H groups in total. The lowest BCUT2D eigenvalue weighted by atomic mass is 9.66. The molecule has 140 valence electrons. The van der Waals surface area contributed by atoms with Crippen molar-refractivity contribution in [2.75, 3.05) is 27.2 Å². The van der Waals surface area contributed by atoms with Crippen molar-refractivity contribution in [2.24, 2.45) is 0 Å². The number of esters is 1. The van der Waals surface area contributed by atoms with E-state index in [1.54, 1.807) is 0 Å². The molecule has 0 spiro atoms. The molecule has 4 heteroatoms. The summed E-state index contributed by atoms with van der Waals surface area (Å²) in [5.74, 6) is -0.112. The lowest BCUT2D eigenvalue weighted by Crippen LogP contribution is -2.47. The van der Waals surface area contributed by atoms with Gasteiger partial charge in [0.15, 0.2) is 0 Å². The van der Waals surface area contributed by atoms with E-state index in [0.717, 1.165) is 25.8 Å². The van der Waals surface area contributed by atoms with Gasteiger partial charge in [-0.25, -0.2) is 0 Å². The molecule has 0 radical (unpaired) electrons. The van der Waals surface area contributed by atoms with Crippen LogP contribution in [0.5, 0.6) is 0 Å². The second-order valence-corrected chi connectivity index (χ2v) is 7.96. The molecule has 2 rings (SSSR count). The zero-order valence-electron chi connectivity index (χ0n) is 16.4. The van der Waals surface area contributed by atoms with E-state index in [1.165, 1.54) is 5.56 Å². The van der Waals surface area contributed by atoms with Gasteiger partial charge in [0.2, 0.25) is 0 Å². The van der Waals surface area contributed by atoms with Crippen LogP contribution >= 0.6 is 0 Å².